The van der Waals surface area contributed by atoms with Crippen molar-refractivity contribution in [2.75, 3.05) is 0 Å². The van der Waals surface area contributed by atoms with Crippen LogP contribution in [-0.2, 0) is 10.1 Å². The quantitative estimate of drug-likeness (QED) is 0.402. The molecule has 1 aromatic rings. The van der Waals surface area contributed by atoms with Gasteiger partial charge in [0.2, 0.25) is 0 Å². The Morgan fingerprint density at radius 2 is 1.60 bits per heavy atom. The fourth-order valence-corrected chi connectivity index (χ4v) is 2.93. The molecule has 0 amide bonds. The molecule has 1 aromatic carbocycles. The normalized spacial score (nSPS) is 10.6. The van der Waals surface area contributed by atoms with Gasteiger partial charge in [-0.2, -0.15) is 0 Å². The summed E-state index contributed by atoms with van der Waals surface area (Å²) in [6.45, 7) is 0. The summed E-state index contributed by atoms with van der Waals surface area (Å²) in [5, 5.41) is 2.65. The summed E-state index contributed by atoms with van der Waals surface area (Å²) in [4.78, 5) is 9.84. The zero-order chi connectivity index (χ0) is 10.9. The van der Waals surface area contributed by atoms with E-state index in [-0.39, 0.29) is 44.2 Å². The molecular weight excluding hydrogens is 365 g/mol. The summed E-state index contributed by atoms with van der Waals surface area (Å²) in [6.07, 6.45) is 0. The molecule has 0 saturated carbocycles. The summed E-state index contributed by atoms with van der Waals surface area (Å²) in [5.41, 5.74) is 0.0115. The van der Waals surface area contributed by atoms with Gasteiger partial charge in [0, 0.05) is 8.95 Å². The van der Waals surface area contributed by atoms with E-state index in [4.69, 9.17) is 0 Å². The maximum atomic E-state index is 10.6. The molecule has 5 nitrogen and oxygen atoms in total. The van der Waals surface area contributed by atoms with Crippen LogP contribution in [0, 0.1) is 4.91 Å². The molecule has 0 unspecified atom stereocenters. The van der Waals surface area contributed by atoms with E-state index in [9.17, 15) is 17.9 Å². The molecule has 0 N–H and O–H groups in total. The molecule has 0 spiro atoms. The monoisotopic (exact) mass is 365 g/mol. The van der Waals surface area contributed by atoms with Crippen molar-refractivity contribution in [3.05, 3.63) is 26.0 Å². The van der Waals surface area contributed by atoms with Crippen LogP contribution < -0.4 is 29.6 Å². The van der Waals surface area contributed by atoms with Crippen LogP contribution in [0.3, 0.4) is 0 Å². The topological polar surface area (TPSA) is 86.6 Å². The average molecular weight is 367 g/mol. The van der Waals surface area contributed by atoms with Gasteiger partial charge in [0.25, 0.3) is 0 Å². The first-order chi connectivity index (χ1) is 6.36. The molecule has 0 saturated heterocycles. The molecule has 0 aromatic heterocycles. The van der Waals surface area contributed by atoms with Crippen molar-refractivity contribution < 1.29 is 42.5 Å². The van der Waals surface area contributed by atoms with Crippen LogP contribution >= 0.6 is 31.9 Å². The average Bonchev–Trinajstić information content (AvgIpc) is 2.01. The first-order valence-electron chi connectivity index (χ1n) is 3.14. The second-order valence-corrected chi connectivity index (χ2v) is 5.37. The van der Waals surface area contributed by atoms with E-state index in [1.54, 1.807) is 0 Å². The maximum Gasteiger partial charge on any atom is 1.00 e. The van der Waals surface area contributed by atoms with Crippen LogP contribution in [0.2, 0.25) is 0 Å². The van der Waals surface area contributed by atoms with Crippen molar-refractivity contribution >= 4 is 47.7 Å². The second-order valence-electron chi connectivity index (χ2n) is 2.28. The van der Waals surface area contributed by atoms with E-state index in [2.05, 4.69) is 37.0 Å². The van der Waals surface area contributed by atoms with Crippen LogP contribution in [0.15, 0.2) is 31.2 Å². The Hall–Kier alpha value is 0.690. The Balaban J connectivity index is 0.00000196. The number of nitroso groups, excluding NO2 is 1. The predicted octanol–water partition coefficient (Wildman–Crippen LogP) is -0.482. The number of halogens is 2. The minimum atomic E-state index is -4.53. The van der Waals surface area contributed by atoms with Gasteiger partial charge in [-0.3, -0.25) is 0 Å². The Bertz CT molecular complexity index is 467. The predicted molar refractivity (Wildman–Crippen MR) is 55.3 cm³/mol. The number of hydrogen-bond donors (Lipinski definition) is 0. The van der Waals surface area contributed by atoms with E-state index in [1.807, 2.05) is 0 Å². The molecule has 0 aliphatic carbocycles. The van der Waals surface area contributed by atoms with Crippen molar-refractivity contribution in [1.82, 2.24) is 0 Å². The Morgan fingerprint density at radius 3 is 1.87 bits per heavy atom. The van der Waals surface area contributed by atoms with Gasteiger partial charge in [-0.1, -0.05) is 0 Å². The largest absolute Gasteiger partial charge is 1.00 e. The molecule has 0 fully saturated rings. The number of rotatable bonds is 2. The van der Waals surface area contributed by atoms with Crippen LogP contribution in [0.4, 0.5) is 5.69 Å². The molecule has 0 aliphatic rings. The van der Waals surface area contributed by atoms with E-state index in [1.165, 1.54) is 0 Å². The van der Waals surface area contributed by atoms with Crippen LogP contribution in [0.25, 0.3) is 0 Å². The molecule has 0 aliphatic heterocycles. The Labute approximate surface area is 125 Å². The first-order valence-corrected chi connectivity index (χ1v) is 6.14. The Kier molecular flexibility index (Phi) is 6.12. The van der Waals surface area contributed by atoms with Crippen LogP contribution in [0.1, 0.15) is 0 Å². The molecule has 76 valence electrons. The molecular formula is C6H2Br2NNaO4S. The van der Waals surface area contributed by atoms with E-state index in [0.29, 0.717) is 0 Å². The summed E-state index contributed by atoms with van der Waals surface area (Å²) < 4.78 is 32.2. The van der Waals surface area contributed by atoms with Crippen LogP contribution in [0.5, 0.6) is 0 Å². The van der Waals surface area contributed by atoms with Gasteiger partial charge >= 0.3 is 29.6 Å². The van der Waals surface area contributed by atoms with Crippen molar-refractivity contribution in [3.8, 4) is 0 Å². The third kappa shape index (κ3) is 3.88. The zero-order valence-corrected chi connectivity index (χ0v) is 13.4. The SMILES string of the molecule is O=Nc1c(Br)cc(S(=O)(=O)[O-])cc1Br.[Na+]. The minimum absolute atomic E-state index is 0. The minimum Gasteiger partial charge on any atom is -0.744 e. The van der Waals surface area contributed by atoms with Gasteiger partial charge in [-0.25, -0.2) is 8.42 Å². The number of hydrogen-bond acceptors (Lipinski definition) is 5. The van der Waals surface area contributed by atoms with Gasteiger partial charge in [-0.05, 0) is 49.2 Å². The van der Waals surface area contributed by atoms with Gasteiger partial charge < -0.3 is 4.55 Å². The second kappa shape index (κ2) is 5.85. The molecule has 1 rings (SSSR count). The third-order valence-electron chi connectivity index (χ3n) is 1.37. The maximum absolute atomic E-state index is 10.6. The Morgan fingerprint density at radius 1 is 1.20 bits per heavy atom. The number of nitrogens with zero attached hydrogens (tertiary/aromatic N) is 1. The summed E-state index contributed by atoms with van der Waals surface area (Å²) in [5.74, 6) is 0. The fraction of sp³-hybridized carbons (Fsp3) is 0. The van der Waals surface area contributed by atoms with Crippen molar-refractivity contribution in [2.45, 2.75) is 4.90 Å². The molecule has 0 bridgehead atoms. The third-order valence-corrected chi connectivity index (χ3v) is 3.39. The van der Waals surface area contributed by atoms with Crippen LogP contribution in [-0.4, -0.2) is 13.0 Å². The molecule has 15 heavy (non-hydrogen) atoms. The van der Waals surface area contributed by atoms with Gasteiger partial charge in [0.05, 0.1) is 4.90 Å². The number of benzene rings is 1. The summed E-state index contributed by atoms with van der Waals surface area (Å²) in [6, 6.07) is 2.06. The smallest absolute Gasteiger partial charge is 0.744 e. The van der Waals surface area contributed by atoms with Crippen molar-refractivity contribution in [3.63, 3.8) is 0 Å². The molecule has 0 radical (unpaired) electrons. The zero-order valence-electron chi connectivity index (χ0n) is 7.40. The van der Waals surface area contributed by atoms with Crippen molar-refractivity contribution in [1.29, 1.82) is 0 Å². The fourth-order valence-electron chi connectivity index (χ4n) is 0.774. The molecule has 0 atom stereocenters. The van der Waals surface area contributed by atoms with Gasteiger partial charge in [0.1, 0.15) is 15.8 Å². The summed E-state index contributed by atoms with van der Waals surface area (Å²) >= 11 is 5.85. The summed E-state index contributed by atoms with van der Waals surface area (Å²) in [7, 11) is -4.53. The molecule has 9 heteroatoms. The first kappa shape index (κ1) is 15.7. The van der Waals surface area contributed by atoms with E-state index >= 15 is 0 Å². The standard InChI is InChI=1S/C6H3Br2NO4S.Na/c7-4-1-3(14(11,12)13)2-5(8)6(4)9-10;/h1-2H,(H,11,12,13);/q;+1/p-1. The van der Waals surface area contributed by atoms with Gasteiger partial charge in [0.15, 0.2) is 0 Å². The molecule has 0 heterocycles. The van der Waals surface area contributed by atoms with E-state index < -0.39 is 15.0 Å². The van der Waals surface area contributed by atoms with Gasteiger partial charge in [-0.15, -0.1) is 4.91 Å². The van der Waals surface area contributed by atoms with Crippen molar-refractivity contribution in [2.24, 2.45) is 5.18 Å². The van der Waals surface area contributed by atoms with E-state index in [0.717, 1.165) is 12.1 Å².